The van der Waals surface area contributed by atoms with Crippen molar-refractivity contribution in [2.24, 2.45) is 22.6 Å². The largest absolute Gasteiger partial charge is 0.460 e. The van der Waals surface area contributed by atoms with E-state index >= 15 is 0 Å². The minimum atomic E-state index is -0.228. The maximum atomic E-state index is 7.01. The van der Waals surface area contributed by atoms with E-state index in [1.54, 1.807) is 11.8 Å². The van der Waals surface area contributed by atoms with Gasteiger partial charge in [-0.15, -0.1) is 0 Å². The van der Waals surface area contributed by atoms with Crippen LogP contribution in [0.2, 0.25) is 0 Å². The van der Waals surface area contributed by atoms with E-state index in [4.69, 9.17) is 15.1 Å². The first-order valence-corrected chi connectivity index (χ1v) is 21.5. The van der Waals surface area contributed by atoms with Crippen LogP contribution in [-0.4, -0.2) is 6.21 Å². The fourth-order valence-electron chi connectivity index (χ4n) is 9.95. The number of nitrogens with zero attached hydrogens (tertiary/aromatic N) is 1. The minimum absolute atomic E-state index is 0.228. The van der Waals surface area contributed by atoms with Gasteiger partial charge < -0.3 is 10.2 Å². The molecule has 282 valence electrons. The van der Waals surface area contributed by atoms with Crippen LogP contribution in [0.25, 0.3) is 55.9 Å². The van der Waals surface area contributed by atoms with Gasteiger partial charge in [0.25, 0.3) is 0 Å². The lowest BCUT2D eigenvalue weighted by molar-refractivity contribution is 0.503. The third-order valence-electron chi connectivity index (χ3n) is 12.8. The van der Waals surface area contributed by atoms with Crippen LogP contribution in [0.15, 0.2) is 164 Å². The summed E-state index contributed by atoms with van der Waals surface area (Å²) in [5, 5.41) is 6.41. The number of hydrogen-bond acceptors (Lipinski definition) is 4. The smallest absolute Gasteiger partial charge is 0.134 e. The predicted molar refractivity (Wildman–Crippen MR) is 246 cm³/mol. The van der Waals surface area contributed by atoms with E-state index < -0.39 is 0 Å². The van der Waals surface area contributed by atoms with E-state index in [2.05, 4.69) is 166 Å². The highest BCUT2D eigenvalue weighted by molar-refractivity contribution is 8.03. The number of benzene rings is 6. The summed E-state index contributed by atoms with van der Waals surface area (Å²) in [6, 6.07) is 41.1. The lowest BCUT2D eigenvalue weighted by Gasteiger charge is -2.28. The number of aryl methyl sites for hydroxylation is 1. The lowest BCUT2D eigenvalue weighted by Crippen LogP contribution is -2.14. The first-order valence-electron chi connectivity index (χ1n) is 20.7. The molecule has 3 nitrogen and oxygen atoms in total. The predicted octanol–water partition coefficient (Wildman–Crippen LogP) is 13.9. The van der Waals surface area contributed by atoms with Crippen LogP contribution in [-0.2, 0) is 12.8 Å². The van der Waals surface area contributed by atoms with Crippen molar-refractivity contribution in [3.05, 3.63) is 194 Å². The third-order valence-corrected chi connectivity index (χ3v) is 14.0. The number of aliphatic imine (C=N–C) groups is 1. The molecule has 3 aliphatic carbocycles. The van der Waals surface area contributed by atoms with Crippen LogP contribution in [0.4, 0.5) is 0 Å². The summed E-state index contributed by atoms with van der Waals surface area (Å²) in [7, 11) is 0. The van der Waals surface area contributed by atoms with Gasteiger partial charge >= 0.3 is 0 Å². The van der Waals surface area contributed by atoms with E-state index in [1.807, 2.05) is 0 Å². The number of fused-ring (bicyclic) bond motifs is 10. The molecule has 0 bridgehead atoms. The van der Waals surface area contributed by atoms with E-state index in [0.29, 0.717) is 11.8 Å². The molecule has 1 aliphatic heterocycles. The quantitative estimate of drug-likeness (QED) is 0.140. The van der Waals surface area contributed by atoms with E-state index in [-0.39, 0.29) is 6.04 Å². The van der Waals surface area contributed by atoms with E-state index in [0.717, 1.165) is 64.3 Å². The number of nitrogens with two attached hydrogens (primary N) is 1. The molecule has 4 heteroatoms. The molecular weight excluding hydrogens is 725 g/mol. The van der Waals surface area contributed by atoms with Gasteiger partial charge in [0.15, 0.2) is 0 Å². The molecule has 7 aromatic rings. The Kier molecular flexibility index (Phi) is 8.60. The van der Waals surface area contributed by atoms with Gasteiger partial charge in [-0.25, -0.2) is 0 Å². The number of para-hydroxylation sites is 1. The van der Waals surface area contributed by atoms with Crippen LogP contribution in [0.5, 0.6) is 0 Å². The summed E-state index contributed by atoms with van der Waals surface area (Å²) >= 11 is 1.75. The molecule has 1 aromatic heterocycles. The Morgan fingerprint density at radius 3 is 2.36 bits per heavy atom. The van der Waals surface area contributed by atoms with Crippen LogP contribution in [0.1, 0.15) is 77.4 Å². The van der Waals surface area contributed by atoms with Crippen molar-refractivity contribution in [3.8, 4) is 0 Å². The molecule has 6 aromatic carbocycles. The zero-order valence-corrected chi connectivity index (χ0v) is 33.7. The summed E-state index contributed by atoms with van der Waals surface area (Å²) in [6.07, 6.45) is 18.0. The molecule has 0 fully saturated rings. The first-order chi connectivity index (χ1) is 28.5. The van der Waals surface area contributed by atoms with E-state index in [9.17, 15) is 0 Å². The standard InChI is InChI=1S/C54H44N2OS/c1-32-26-35(45-30-46-42-19-10-12-22-48(42)57-49(46)27-33(45)2)24-25-38(32)36-28-37(51-43-20-9-8-17-40(43)39-16-6-7-18-41(39)47(51)29-36)31-56-53(34-14-4-3-5-15-34)54-52(55)44-21-11-13-23-50(44)58-54/h3-8,10-19,21-25,28-33,52H,9,20,26-27,55H2,1-2H3/b54-53+,56-31?. The number of thioether (sulfide) groups is 1. The van der Waals surface area contributed by atoms with Gasteiger partial charge in [0.1, 0.15) is 11.3 Å². The van der Waals surface area contributed by atoms with Crippen molar-refractivity contribution >= 4 is 73.9 Å². The molecule has 58 heavy (non-hydrogen) atoms. The summed E-state index contributed by atoms with van der Waals surface area (Å²) in [5.74, 6) is 1.83. The first kappa shape index (κ1) is 35.2. The topological polar surface area (TPSA) is 51.5 Å². The van der Waals surface area contributed by atoms with Crippen molar-refractivity contribution in [1.29, 1.82) is 0 Å². The molecule has 0 saturated heterocycles. The van der Waals surface area contributed by atoms with Gasteiger partial charge in [-0.2, -0.15) is 0 Å². The Balaban J connectivity index is 1.09. The Morgan fingerprint density at radius 2 is 1.52 bits per heavy atom. The number of allylic oxidation sites excluding steroid dienone is 6. The van der Waals surface area contributed by atoms with Crippen molar-refractivity contribution in [3.63, 3.8) is 0 Å². The lowest BCUT2D eigenvalue weighted by atomic mass is 9.76. The maximum absolute atomic E-state index is 7.01. The van der Waals surface area contributed by atoms with Gasteiger partial charge in [-0.05, 0) is 122 Å². The Morgan fingerprint density at radius 1 is 0.759 bits per heavy atom. The average Bonchev–Trinajstić information content (AvgIpc) is 3.79. The average molecular weight is 769 g/mol. The Bertz CT molecular complexity index is 3030. The molecule has 0 saturated carbocycles. The van der Waals surface area contributed by atoms with Gasteiger partial charge in [0, 0.05) is 44.5 Å². The molecule has 0 amide bonds. The number of rotatable bonds is 5. The molecule has 2 N–H and O–H groups in total. The molecule has 11 rings (SSSR count). The monoisotopic (exact) mass is 768 g/mol. The van der Waals surface area contributed by atoms with Crippen LogP contribution >= 0.6 is 11.8 Å². The van der Waals surface area contributed by atoms with Crippen LogP contribution in [0.3, 0.4) is 0 Å². The summed E-state index contributed by atoms with van der Waals surface area (Å²) in [4.78, 5) is 7.76. The number of furan rings is 1. The SMILES string of the molecule is CC1Cc2oc3ccccc3c2C=C1C1=CC=C(c2cc(C=N/C(=C3/Sc4ccccc4C3N)c3ccccc3)c3c4c(c5ccccc5c3c2)C=CCC4)C(C)C1. The summed E-state index contributed by atoms with van der Waals surface area (Å²) in [6.45, 7) is 4.74. The highest BCUT2D eigenvalue weighted by Gasteiger charge is 2.30. The minimum Gasteiger partial charge on any atom is -0.460 e. The Labute approximate surface area is 344 Å². The highest BCUT2D eigenvalue weighted by atomic mass is 32.2. The zero-order valence-electron chi connectivity index (χ0n) is 32.8. The maximum Gasteiger partial charge on any atom is 0.134 e. The second-order valence-electron chi connectivity index (χ2n) is 16.4. The van der Waals surface area contributed by atoms with Crippen molar-refractivity contribution in [2.75, 3.05) is 0 Å². The van der Waals surface area contributed by atoms with E-state index in [1.165, 1.54) is 70.8 Å². The molecular formula is C54H44N2OS. The fourth-order valence-corrected chi connectivity index (χ4v) is 11.2. The van der Waals surface area contributed by atoms with Crippen molar-refractivity contribution < 1.29 is 4.42 Å². The van der Waals surface area contributed by atoms with Gasteiger partial charge in [0.2, 0.25) is 0 Å². The Hall–Kier alpha value is -5.94. The molecule has 4 aliphatic rings. The second kappa shape index (κ2) is 14.2. The fraction of sp³-hybridized carbons (Fsp3) is 0.167. The molecule has 0 radical (unpaired) electrons. The summed E-state index contributed by atoms with van der Waals surface area (Å²) in [5.41, 5.74) is 21.8. The molecule has 3 atom stereocenters. The second-order valence-corrected chi connectivity index (χ2v) is 17.5. The highest BCUT2D eigenvalue weighted by Crippen LogP contribution is 2.50. The normalized spacial score (nSPS) is 20.9. The molecule has 3 unspecified atom stereocenters. The summed E-state index contributed by atoms with van der Waals surface area (Å²) < 4.78 is 6.31. The van der Waals surface area contributed by atoms with Crippen molar-refractivity contribution in [2.45, 2.75) is 50.5 Å². The zero-order chi connectivity index (χ0) is 38.9. The van der Waals surface area contributed by atoms with Crippen LogP contribution < -0.4 is 5.73 Å². The van der Waals surface area contributed by atoms with Gasteiger partial charge in [-0.1, -0.05) is 141 Å². The van der Waals surface area contributed by atoms with Gasteiger partial charge in [-0.3, -0.25) is 4.99 Å². The molecule has 2 heterocycles. The third kappa shape index (κ3) is 5.81. The van der Waals surface area contributed by atoms with Crippen molar-refractivity contribution in [1.82, 2.24) is 0 Å². The van der Waals surface area contributed by atoms with Crippen LogP contribution in [0, 0.1) is 11.8 Å². The number of hydrogen-bond donors (Lipinski definition) is 1. The molecule has 0 spiro atoms. The van der Waals surface area contributed by atoms with Gasteiger partial charge in [0.05, 0.1) is 11.7 Å².